The summed E-state index contributed by atoms with van der Waals surface area (Å²) in [4.78, 5) is 6.43. The normalized spacial score (nSPS) is 24.1. The molecule has 0 radical (unpaired) electrons. The molecule has 2 fully saturated rings. The van der Waals surface area contributed by atoms with Crippen molar-refractivity contribution in [1.82, 2.24) is 19.5 Å². The Labute approximate surface area is 142 Å². The van der Waals surface area contributed by atoms with Crippen LogP contribution in [-0.4, -0.2) is 67.9 Å². The van der Waals surface area contributed by atoms with E-state index in [9.17, 15) is 8.42 Å². The fraction of sp³-hybridized carbons (Fsp3) is 0.615. The van der Waals surface area contributed by atoms with Crippen molar-refractivity contribution >= 4 is 34.0 Å². The first-order valence-electron chi connectivity index (χ1n) is 7.13. The molecule has 1 N–H and O–H groups in total. The molecule has 6 nitrogen and oxygen atoms in total. The van der Waals surface area contributed by atoms with Gasteiger partial charge in [0.05, 0.1) is 5.02 Å². The number of hydrogen-bond acceptors (Lipinski definition) is 5. The predicted molar refractivity (Wildman–Crippen MR) is 88.1 cm³/mol. The van der Waals surface area contributed by atoms with Crippen LogP contribution in [0, 0.1) is 0 Å². The molecule has 22 heavy (non-hydrogen) atoms. The number of nitrogens with zero attached hydrogens (tertiary/aromatic N) is 3. The van der Waals surface area contributed by atoms with Crippen molar-refractivity contribution in [3.63, 3.8) is 0 Å². The lowest BCUT2D eigenvalue weighted by Crippen LogP contribution is -2.49. The highest BCUT2D eigenvalue weighted by Crippen LogP contribution is 2.24. The van der Waals surface area contributed by atoms with Crippen LogP contribution in [-0.2, 0) is 10.0 Å². The third kappa shape index (κ3) is 3.72. The van der Waals surface area contributed by atoms with Crippen molar-refractivity contribution in [3.8, 4) is 0 Å². The third-order valence-electron chi connectivity index (χ3n) is 4.11. The van der Waals surface area contributed by atoms with E-state index in [0.29, 0.717) is 24.2 Å². The maximum Gasteiger partial charge on any atom is 0.244 e. The van der Waals surface area contributed by atoms with Gasteiger partial charge in [0.1, 0.15) is 4.90 Å². The summed E-state index contributed by atoms with van der Waals surface area (Å²) in [7, 11) is -3.49. The molecule has 1 aromatic rings. The highest BCUT2D eigenvalue weighted by Gasteiger charge is 2.35. The molecule has 9 heteroatoms. The van der Waals surface area contributed by atoms with Crippen molar-refractivity contribution < 1.29 is 8.42 Å². The summed E-state index contributed by atoms with van der Waals surface area (Å²) < 4.78 is 26.8. The molecule has 124 valence electrons. The Morgan fingerprint density at radius 1 is 1.23 bits per heavy atom. The van der Waals surface area contributed by atoms with Crippen LogP contribution in [0.1, 0.15) is 6.42 Å². The van der Waals surface area contributed by atoms with Crippen LogP contribution < -0.4 is 5.32 Å². The second-order valence-corrected chi connectivity index (χ2v) is 7.80. The Hall–Kier alpha value is -0.440. The van der Waals surface area contributed by atoms with Gasteiger partial charge in [0.25, 0.3) is 0 Å². The molecule has 3 heterocycles. The minimum Gasteiger partial charge on any atom is -0.314 e. The molecule has 0 aromatic carbocycles. The fourth-order valence-corrected chi connectivity index (χ4v) is 4.68. The van der Waals surface area contributed by atoms with E-state index >= 15 is 0 Å². The molecule has 1 aromatic heterocycles. The van der Waals surface area contributed by atoms with Crippen molar-refractivity contribution in [1.29, 1.82) is 0 Å². The van der Waals surface area contributed by atoms with Gasteiger partial charge in [0.2, 0.25) is 10.0 Å². The van der Waals surface area contributed by atoms with Crippen molar-refractivity contribution in [3.05, 3.63) is 23.5 Å². The number of rotatable bonds is 3. The topological polar surface area (TPSA) is 65.5 Å². The highest BCUT2D eigenvalue weighted by molar-refractivity contribution is 7.89. The van der Waals surface area contributed by atoms with E-state index in [2.05, 4.69) is 15.2 Å². The number of pyridine rings is 1. The maximum absolute atomic E-state index is 12.6. The van der Waals surface area contributed by atoms with Crippen LogP contribution >= 0.6 is 24.0 Å². The highest BCUT2D eigenvalue weighted by atomic mass is 35.5. The molecule has 0 spiro atoms. The van der Waals surface area contributed by atoms with Crippen LogP contribution in [0.15, 0.2) is 23.4 Å². The predicted octanol–water partition coefficient (Wildman–Crippen LogP) is 0.825. The summed E-state index contributed by atoms with van der Waals surface area (Å²) in [6.07, 6.45) is 3.68. The molecule has 1 atom stereocenters. The van der Waals surface area contributed by atoms with E-state index in [1.165, 1.54) is 18.5 Å². The smallest absolute Gasteiger partial charge is 0.244 e. The minimum atomic E-state index is -3.49. The average molecular weight is 367 g/mol. The van der Waals surface area contributed by atoms with Gasteiger partial charge in [-0.3, -0.25) is 9.88 Å². The van der Waals surface area contributed by atoms with Crippen LogP contribution in [0.4, 0.5) is 0 Å². The lowest BCUT2D eigenvalue weighted by atomic mass is 10.2. The molecular formula is C13H20Cl2N4O2S. The van der Waals surface area contributed by atoms with Crippen LogP contribution in [0.5, 0.6) is 0 Å². The maximum atomic E-state index is 12.6. The average Bonchev–Trinajstić information content (AvgIpc) is 2.99. The standard InChI is InChI=1S/C13H19ClN4O2S.ClH/c14-11-7-13(9-16-8-11)21(19,20)18-4-1-12(10-18)17-5-2-15-3-6-17;/h7-9,12,15H,1-6,10H2;1H. The number of sulfonamides is 1. The molecule has 1 unspecified atom stereocenters. The Bertz CT molecular complexity index is 608. The third-order valence-corrected chi connectivity index (χ3v) is 6.15. The zero-order valence-electron chi connectivity index (χ0n) is 12.1. The summed E-state index contributed by atoms with van der Waals surface area (Å²) in [5.74, 6) is 0. The lowest BCUT2D eigenvalue weighted by molar-refractivity contribution is 0.179. The largest absolute Gasteiger partial charge is 0.314 e. The van der Waals surface area contributed by atoms with E-state index in [1.54, 1.807) is 4.31 Å². The first kappa shape index (κ1) is 17.9. The molecular weight excluding hydrogens is 347 g/mol. The number of halogens is 2. The van der Waals surface area contributed by atoms with E-state index < -0.39 is 10.0 Å². The monoisotopic (exact) mass is 366 g/mol. The van der Waals surface area contributed by atoms with Gasteiger partial charge in [-0.1, -0.05) is 11.6 Å². The molecule has 0 aliphatic carbocycles. The van der Waals surface area contributed by atoms with Gasteiger partial charge in [-0.15, -0.1) is 12.4 Å². The Morgan fingerprint density at radius 2 is 1.95 bits per heavy atom. The molecule has 2 saturated heterocycles. The van der Waals surface area contributed by atoms with E-state index in [-0.39, 0.29) is 17.3 Å². The van der Waals surface area contributed by atoms with Gasteiger partial charge in [0, 0.05) is 57.7 Å². The molecule has 2 aliphatic rings. The Morgan fingerprint density at radius 3 is 2.64 bits per heavy atom. The first-order chi connectivity index (χ1) is 10.1. The second-order valence-electron chi connectivity index (χ2n) is 5.43. The fourth-order valence-electron chi connectivity index (χ4n) is 2.96. The zero-order chi connectivity index (χ0) is 14.9. The molecule has 0 saturated carbocycles. The first-order valence-corrected chi connectivity index (χ1v) is 8.94. The van der Waals surface area contributed by atoms with E-state index in [0.717, 1.165) is 32.6 Å². The summed E-state index contributed by atoms with van der Waals surface area (Å²) >= 11 is 5.85. The van der Waals surface area contributed by atoms with E-state index in [1.807, 2.05) is 0 Å². The van der Waals surface area contributed by atoms with Crippen LogP contribution in [0.3, 0.4) is 0 Å². The number of nitrogens with one attached hydrogen (secondary N) is 1. The van der Waals surface area contributed by atoms with Gasteiger partial charge in [-0.25, -0.2) is 8.42 Å². The summed E-state index contributed by atoms with van der Waals surface area (Å²) in [5, 5.41) is 3.66. The Balaban J connectivity index is 0.00000176. The van der Waals surface area contributed by atoms with E-state index in [4.69, 9.17) is 11.6 Å². The van der Waals surface area contributed by atoms with Gasteiger partial charge in [0.15, 0.2) is 0 Å². The van der Waals surface area contributed by atoms with Gasteiger partial charge < -0.3 is 5.32 Å². The van der Waals surface area contributed by atoms with Crippen LogP contribution in [0.2, 0.25) is 5.02 Å². The van der Waals surface area contributed by atoms with Gasteiger partial charge in [-0.05, 0) is 12.5 Å². The number of piperazine rings is 1. The molecule has 2 aliphatic heterocycles. The number of aromatic nitrogens is 1. The lowest BCUT2D eigenvalue weighted by Gasteiger charge is -2.32. The number of hydrogen-bond donors (Lipinski definition) is 1. The van der Waals surface area contributed by atoms with Gasteiger partial charge >= 0.3 is 0 Å². The second kappa shape index (κ2) is 7.42. The van der Waals surface area contributed by atoms with Crippen molar-refractivity contribution in [2.75, 3.05) is 39.3 Å². The van der Waals surface area contributed by atoms with Crippen molar-refractivity contribution in [2.45, 2.75) is 17.4 Å². The summed E-state index contributed by atoms with van der Waals surface area (Å²) in [6, 6.07) is 1.77. The zero-order valence-corrected chi connectivity index (χ0v) is 14.5. The molecule has 0 bridgehead atoms. The summed E-state index contributed by atoms with van der Waals surface area (Å²) in [5.41, 5.74) is 0. The molecule has 3 rings (SSSR count). The summed E-state index contributed by atoms with van der Waals surface area (Å²) in [6.45, 7) is 5.02. The Kier molecular flexibility index (Phi) is 6.04. The van der Waals surface area contributed by atoms with Crippen molar-refractivity contribution in [2.24, 2.45) is 0 Å². The molecule has 0 amide bonds. The minimum absolute atomic E-state index is 0. The quantitative estimate of drug-likeness (QED) is 0.857. The van der Waals surface area contributed by atoms with Crippen LogP contribution in [0.25, 0.3) is 0 Å². The SMILES string of the molecule is Cl.O=S(=O)(c1cncc(Cl)c1)N1CCC(N2CCNCC2)C1. The van der Waals surface area contributed by atoms with Gasteiger partial charge in [-0.2, -0.15) is 4.31 Å².